The highest BCUT2D eigenvalue weighted by Gasteiger charge is 2.32. The molecule has 3 atom stereocenters. The lowest BCUT2D eigenvalue weighted by Gasteiger charge is -2.38. The maximum Gasteiger partial charge on any atom is 0.410 e. The number of carbonyl (C=O) groups is 2. The van der Waals surface area contributed by atoms with Crippen LogP contribution in [0.1, 0.15) is 41.0 Å². The number of hydrogen-bond donors (Lipinski definition) is 2. The van der Waals surface area contributed by atoms with Crippen LogP contribution in [0.2, 0.25) is 0 Å². The quantitative estimate of drug-likeness (QED) is 0.785. The average molecular weight is 315 g/mol. The maximum atomic E-state index is 12.3. The third-order valence-corrected chi connectivity index (χ3v) is 3.44. The van der Waals surface area contributed by atoms with Crippen molar-refractivity contribution in [3.8, 4) is 0 Å². The fourth-order valence-corrected chi connectivity index (χ4v) is 2.40. The first-order valence-corrected chi connectivity index (χ1v) is 7.73. The Morgan fingerprint density at radius 3 is 2.59 bits per heavy atom. The molecular weight excluding hydrogens is 286 g/mol. The molecule has 128 valence electrons. The number of hydrogen-bond acceptors (Lipinski definition) is 5. The van der Waals surface area contributed by atoms with E-state index in [1.165, 1.54) is 0 Å². The molecule has 2 amide bonds. The first-order chi connectivity index (χ1) is 10.1. The number of ether oxygens (including phenoxy) is 2. The van der Waals surface area contributed by atoms with Crippen molar-refractivity contribution in [1.82, 2.24) is 10.2 Å². The van der Waals surface area contributed by atoms with Gasteiger partial charge in [-0.05, 0) is 41.0 Å². The van der Waals surface area contributed by atoms with E-state index in [0.29, 0.717) is 26.2 Å². The number of carbonyl (C=O) groups excluding carboxylic acids is 2. The lowest BCUT2D eigenvalue weighted by atomic mass is 10.1. The molecule has 7 heteroatoms. The monoisotopic (exact) mass is 315 g/mol. The van der Waals surface area contributed by atoms with Gasteiger partial charge >= 0.3 is 6.09 Å². The fraction of sp³-hybridized carbons (Fsp3) is 0.867. The highest BCUT2D eigenvalue weighted by Crippen LogP contribution is 2.17. The molecule has 0 spiro atoms. The van der Waals surface area contributed by atoms with Crippen molar-refractivity contribution in [3.63, 3.8) is 0 Å². The van der Waals surface area contributed by atoms with E-state index in [1.807, 2.05) is 27.7 Å². The van der Waals surface area contributed by atoms with Gasteiger partial charge in [-0.1, -0.05) is 0 Å². The summed E-state index contributed by atoms with van der Waals surface area (Å²) in [5.41, 5.74) is 4.73. The van der Waals surface area contributed by atoms with Crippen LogP contribution < -0.4 is 11.1 Å². The van der Waals surface area contributed by atoms with Gasteiger partial charge in [-0.25, -0.2) is 4.79 Å². The summed E-state index contributed by atoms with van der Waals surface area (Å²) in [4.78, 5) is 25.1. The van der Waals surface area contributed by atoms with Crippen molar-refractivity contribution in [2.45, 2.75) is 64.8 Å². The van der Waals surface area contributed by atoms with Crippen LogP contribution in [0.25, 0.3) is 0 Å². The minimum Gasteiger partial charge on any atom is -0.444 e. The van der Waals surface area contributed by atoms with Gasteiger partial charge < -0.3 is 25.4 Å². The first-order valence-electron chi connectivity index (χ1n) is 7.73. The highest BCUT2D eigenvalue weighted by atomic mass is 16.6. The van der Waals surface area contributed by atoms with E-state index in [9.17, 15) is 9.59 Å². The summed E-state index contributed by atoms with van der Waals surface area (Å²) >= 11 is 0. The molecule has 0 aromatic rings. The predicted octanol–water partition coefficient (Wildman–Crippen LogP) is 0.864. The van der Waals surface area contributed by atoms with E-state index in [-0.39, 0.29) is 18.2 Å². The van der Waals surface area contributed by atoms with Gasteiger partial charge in [0.15, 0.2) is 0 Å². The number of nitrogens with two attached hydrogens (primary N) is 1. The molecule has 1 fully saturated rings. The molecule has 1 rings (SSSR count). The molecule has 1 aliphatic rings. The molecule has 1 aliphatic heterocycles. The van der Waals surface area contributed by atoms with Crippen molar-refractivity contribution in [2.75, 3.05) is 19.8 Å². The number of nitrogens with zero attached hydrogens (tertiary/aromatic N) is 1. The van der Waals surface area contributed by atoms with Crippen LogP contribution in [0, 0.1) is 0 Å². The lowest BCUT2D eigenvalue weighted by Crippen LogP contribution is -2.53. The molecule has 1 heterocycles. The predicted molar refractivity (Wildman–Crippen MR) is 83.4 cm³/mol. The van der Waals surface area contributed by atoms with Gasteiger partial charge in [0.1, 0.15) is 5.60 Å². The molecule has 0 aliphatic carbocycles. The third kappa shape index (κ3) is 6.19. The van der Waals surface area contributed by atoms with E-state index in [1.54, 1.807) is 11.8 Å². The topological polar surface area (TPSA) is 93.9 Å². The summed E-state index contributed by atoms with van der Waals surface area (Å²) in [5.74, 6) is -0.393. The SMILES string of the molecule is CC(CC1COCCN1C(=O)OC(C)(C)C)NC(C)C(N)=O. The molecule has 0 radical (unpaired) electrons. The molecule has 0 bridgehead atoms. The summed E-state index contributed by atoms with van der Waals surface area (Å²) in [6.07, 6.45) is 0.340. The summed E-state index contributed by atoms with van der Waals surface area (Å²) < 4.78 is 10.9. The van der Waals surface area contributed by atoms with Crippen molar-refractivity contribution >= 4 is 12.0 Å². The fourth-order valence-electron chi connectivity index (χ4n) is 2.40. The van der Waals surface area contributed by atoms with Gasteiger partial charge in [0.05, 0.1) is 25.3 Å². The van der Waals surface area contributed by atoms with Gasteiger partial charge in [0.2, 0.25) is 5.91 Å². The number of morpholine rings is 1. The second kappa shape index (κ2) is 7.78. The van der Waals surface area contributed by atoms with Crippen LogP contribution in [0.5, 0.6) is 0 Å². The van der Waals surface area contributed by atoms with E-state index in [0.717, 1.165) is 0 Å². The van der Waals surface area contributed by atoms with Crippen molar-refractivity contribution in [2.24, 2.45) is 5.73 Å². The van der Waals surface area contributed by atoms with E-state index < -0.39 is 17.6 Å². The first kappa shape index (κ1) is 18.7. The Labute approximate surface area is 132 Å². The molecular formula is C15H29N3O4. The second-order valence-electron chi connectivity index (χ2n) is 6.83. The molecule has 22 heavy (non-hydrogen) atoms. The standard InChI is InChI=1S/C15H29N3O4/c1-10(17-11(2)13(16)19)8-12-9-21-7-6-18(12)14(20)22-15(3,4)5/h10-12,17H,6-9H2,1-5H3,(H2,16,19). The molecule has 0 aromatic heterocycles. The lowest BCUT2D eigenvalue weighted by molar-refractivity contribution is -0.119. The normalized spacial score (nSPS) is 22.0. The Morgan fingerprint density at radius 2 is 2.05 bits per heavy atom. The Kier molecular flexibility index (Phi) is 6.62. The van der Waals surface area contributed by atoms with Crippen LogP contribution in [0.4, 0.5) is 4.79 Å². The molecule has 3 unspecified atom stereocenters. The zero-order valence-corrected chi connectivity index (χ0v) is 14.2. The van der Waals surface area contributed by atoms with Crippen LogP contribution in [-0.2, 0) is 14.3 Å². The Morgan fingerprint density at radius 1 is 1.41 bits per heavy atom. The van der Waals surface area contributed by atoms with Gasteiger partial charge in [0, 0.05) is 12.6 Å². The molecule has 7 nitrogen and oxygen atoms in total. The van der Waals surface area contributed by atoms with Crippen molar-refractivity contribution in [3.05, 3.63) is 0 Å². The smallest absolute Gasteiger partial charge is 0.410 e. The number of primary amides is 1. The summed E-state index contributed by atoms with van der Waals surface area (Å²) in [6.45, 7) is 10.7. The van der Waals surface area contributed by atoms with E-state index in [4.69, 9.17) is 15.2 Å². The zero-order valence-electron chi connectivity index (χ0n) is 14.2. The Hall–Kier alpha value is -1.34. The van der Waals surface area contributed by atoms with Gasteiger partial charge in [-0.15, -0.1) is 0 Å². The Balaban J connectivity index is 2.61. The van der Waals surface area contributed by atoms with Crippen LogP contribution in [0.15, 0.2) is 0 Å². The highest BCUT2D eigenvalue weighted by molar-refractivity contribution is 5.79. The summed E-state index contributed by atoms with van der Waals surface area (Å²) in [6, 6.07) is -0.459. The Bertz CT molecular complexity index is 395. The van der Waals surface area contributed by atoms with Gasteiger partial charge in [-0.2, -0.15) is 0 Å². The molecule has 0 saturated carbocycles. The van der Waals surface area contributed by atoms with Crippen LogP contribution in [0.3, 0.4) is 0 Å². The summed E-state index contributed by atoms with van der Waals surface area (Å²) in [5, 5.41) is 3.13. The van der Waals surface area contributed by atoms with Gasteiger partial charge in [-0.3, -0.25) is 4.79 Å². The van der Waals surface area contributed by atoms with E-state index in [2.05, 4.69) is 5.32 Å². The van der Waals surface area contributed by atoms with Crippen LogP contribution in [-0.4, -0.2) is 60.4 Å². The number of amides is 2. The molecule has 0 aromatic carbocycles. The minimum atomic E-state index is -0.524. The summed E-state index contributed by atoms with van der Waals surface area (Å²) in [7, 11) is 0. The van der Waals surface area contributed by atoms with Crippen LogP contribution >= 0.6 is 0 Å². The van der Waals surface area contributed by atoms with E-state index >= 15 is 0 Å². The number of rotatable bonds is 5. The average Bonchev–Trinajstić information content (AvgIpc) is 2.36. The van der Waals surface area contributed by atoms with Crippen molar-refractivity contribution in [1.29, 1.82) is 0 Å². The number of nitrogens with one attached hydrogen (secondary N) is 1. The second-order valence-corrected chi connectivity index (χ2v) is 6.83. The maximum absolute atomic E-state index is 12.3. The molecule has 1 saturated heterocycles. The molecule has 3 N–H and O–H groups in total. The van der Waals surface area contributed by atoms with Crippen molar-refractivity contribution < 1.29 is 19.1 Å². The largest absolute Gasteiger partial charge is 0.444 e. The third-order valence-electron chi connectivity index (χ3n) is 3.44. The minimum absolute atomic E-state index is 0.0270. The van der Waals surface area contributed by atoms with Gasteiger partial charge in [0.25, 0.3) is 0 Å². The zero-order chi connectivity index (χ0) is 16.9.